The van der Waals surface area contributed by atoms with Crippen LogP contribution >= 0.6 is 0 Å². The van der Waals surface area contributed by atoms with Gasteiger partial charge in [-0.3, -0.25) is 14.5 Å². The van der Waals surface area contributed by atoms with Gasteiger partial charge in [0, 0.05) is 6.42 Å². The zero-order chi connectivity index (χ0) is 14.4. The van der Waals surface area contributed by atoms with Crippen LogP contribution in [-0.2, 0) is 9.59 Å². The van der Waals surface area contributed by atoms with E-state index in [-0.39, 0.29) is 29.5 Å². The first-order chi connectivity index (χ1) is 8.74. The first kappa shape index (κ1) is 13.1. The van der Waals surface area contributed by atoms with Gasteiger partial charge in [-0.2, -0.15) is 0 Å². The van der Waals surface area contributed by atoms with Crippen molar-refractivity contribution in [3.05, 3.63) is 23.8 Å². The Morgan fingerprint density at radius 1 is 1.32 bits per heavy atom. The number of hydrogen-bond donors (Lipinski definition) is 2. The van der Waals surface area contributed by atoms with E-state index in [1.807, 2.05) is 0 Å². The van der Waals surface area contributed by atoms with Gasteiger partial charge in [-0.25, -0.2) is 4.79 Å². The van der Waals surface area contributed by atoms with E-state index < -0.39 is 17.1 Å². The highest BCUT2D eigenvalue weighted by Gasteiger charge is 2.45. The zero-order valence-electron chi connectivity index (χ0n) is 10.5. The van der Waals surface area contributed by atoms with Gasteiger partial charge in [-0.05, 0) is 18.2 Å². The summed E-state index contributed by atoms with van der Waals surface area (Å²) < 4.78 is 0. The molecule has 1 aromatic rings. The lowest BCUT2D eigenvalue weighted by Gasteiger charge is -2.18. The molecule has 2 amide bonds. The molecule has 1 heterocycles. The molecular formula is C13H13NO5. The van der Waals surface area contributed by atoms with Crippen molar-refractivity contribution in [2.24, 2.45) is 5.41 Å². The lowest BCUT2D eigenvalue weighted by molar-refractivity contribution is -0.124. The van der Waals surface area contributed by atoms with Crippen molar-refractivity contribution in [2.45, 2.75) is 20.3 Å². The topological polar surface area (TPSA) is 94.9 Å². The molecule has 0 saturated carbocycles. The second kappa shape index (κ2) is 4.08. The number of carboxylic acid groups (broad SMARTS) is 1. The number of nitrogens with zero attached hydrogens (tertiary/aromatic N) is 1. The summed E-state index contributed by atoms with van der Waals surface area (Å²) in [6, 6.07) is 3.62. The van der Waals surface area contributed by atoms with Crippen molar-refractivity contribution in [3.63, 3.8) is 0 Å². The maximum Gasteiger partial charge on any atom is 0.339 e. The number of imide groups is 1. The molecule has 1 aliphatic heterocycles. The number of carbonyl (C=O) groups is 3. The van der Waals surface area contributed by atoms with Gasteiger partial charge in [-0.15, -0.1) is 0 Å². The van der Waals surface area contributed by atoms with Gasteiger partial charge in [0.25, 0.3) is 0 Å². The molecule has 2 rings (SSSR count). The maximum atomic E-state index is 12.1. The van der Waals surface area contributed by atoms with E-state index in [1.54, 1.807) is 13.8 Å². The lowest BCUT2D eigenvalue weighted by atomic mass is 9.92. The van der Waals surface area contributed by atoms with E-state index in [0.29, 0.717) is 0 Å². The fourth-order valence-corrected chi connectivity index (χ4v) is 2.04. The summed E-state index contributed by atoms with van der Waals surface area (Å²) in [5, 5.41) is 18.3. The number of rotatable bonds is 2. The standard InChI is InChI=1S/C13H13NO5/c1-13(2)6-10(16)14(12(13)19)7-3-4-9(15)8(5-7)11(17)18/h3-5,15H,6H2,1-2H3,(H,17,18). The van der Waals surface area contributed by atoms with Gasteiger partial charge in [0.15, 0.2) is 0 Å². The minimum absolute atomic E-state index is 0.0785. The molecule has 0 radical (unpaired) electrons. The van der Waals surface area contributed by atoms with Crippen LogP contribution in [0.3, 0.4) is 0 Å². The van der Waals surface area contributed by atoms with E-state index in [9.17, 15) is 19.5 Å². The van der Waals surface area contributed by atoms with E-state index in [0.717, 1.165) is 17.0 Å². The smallest absolute Gasteiger partial charge is 0.339 e. The van der Waals surface area contributed by atoms with Crippen molar-refractivity contribution in [2.75, 3.05) is 4.90 Å². The summed E-state index contributed by atoms with van der Waals surface area (Å²) in [6.45, 7) is 3.32. The third kappa shape index (κ3) is 2.05. The first-order valence-corrected chi connectivity index (χ1v) is 5.68. The van der Waals surface area contributed by atoms with Crippen LogP contribution in [0.15, 0.2) is 18.2 Å². The van der Waals surface area contributed by atoms with Gasteiger partial charge in [0.05, 0.1) is 11.1 Å². The number of hydrogen-bond acceptors (Lipinski definition) is 4. The number of phenols is 1. The second-order valence-corrected chi connectivity index (χ2v) is 5.10. The number of carboxylic acids is 1. The molecule has 0 spiro atoms. The van der Waals surface area contributed by atoms with Crippen LogP contribution in [0, 0.1) is 5.41 Å². The van der Waals surface area contributed by atoms with Crippen LogP contribution in [0.25, 0.3) is 0 Å². The van der Waals surface area contributed by atoms with Crippen LogP contribution < -0.4 is 4.90 Å². The van der Waals surface area contributed by atoms with E-state index in [1.165, 1.54) is 6.07 Å². The lowest BCUT2D eigenvalue weighted by Crippen LogP contribution is -2.33. The fourth-order valence-electron chi connectivity index (χ4n) is 2.04. The number of carbonyl (C=O) groups excluding carboxylic acids is 2. The van der Waals surface area contributed by atoms with Crippen molar-refractivity contribution in [1.82, 2.24) is 0 Å². The van der Waals surface area contributed by atoms with Gasteiger partial charge in [0.1, 0.15) is 11.3 Å². The number of anilines is 1. The first-order valence-electron chi connectivity index (χ1n) is 5.68. The molecule has 1 saturated heterocycles. The monoisotopic (exact) mass is 263 g/mol. The SMILES string of the molecule is CC1(C)CC(=O)N(c2ccc(O)c(C(=O)O)c2)C1=O. The van der Waals surface area contributed by atoms with Gasteiger partial charge < -0.3 is 10.2 Å². The second-order valence-electron chi connectivity index (χ2n) is 5.10. The molecule has 0 aliphatic carbocycles. The largest absolute Gasteiger partial charge is 0.507 e. The van der Waals surface area contributed by atoms with E-state index in [4.69, 9.17) is 5.11 Å². The summed E-state index contributed by atoms with van der Waals surface area (Å²) in [4.78, 5) is 35.9. The van der Waals surface area contributed by atoms with Gasteiger partial charge in [0.2, 0.25) is 11.8 Å². The number of aromatic carboxylic acids is 1. The van der Waals surface area contributed by atoms with Crippen LogP contribution in [0.4, 0.5) is 5.69 Å². The quantitative estimate of drug-likeness (QED) is 0.786. The van der Waals surface area contributed by atoms with Crippen LogP contribution in [0.2, 0.25) is 0 Å². The highest BCUT2D eigenvalue weighted by atomic mass is 16.4. The molecule has 1 aromatic carbocycles. The summed E-state index contributed by atoms with van der Waals surface area (Å²) in [6.07, 6.45) is 0.0785. The molecule has 2 N–H and O–H groups in total. The maximum absolute atomic E-state index is 12.1. The van der Waals surface area contributed by atoms with Gasteiger partial charge >= 0.3 is 5.97 Å². The summed E-state index contributed by atoms with van der Waals surface area (Å²) in [5.74, 6) is -2.48. The number of benzene rings is 1. The third-order valence-electron chi connectivity index (χ3n) is 3.09. The van der Waals surface area contributed by atoms with Crippen LogP contribution in [0.1, 0.15) is 30.6 Å². The van der Waals surface area contributed by atoms with Crippen molar-refractivity contribution < 1.29 is 24.6 Å². The average Bonchev–Trinajstić information content (AvgIpc) is 2.49. The fraction of sp³-hybridized carbons (Fsp3) is 0.308. The Morgan fingerprint density at radius 2 is 1.95 bits per heavy atom. The zero-order valence-corrected chi connectivity index (χ0v) is 10.5. The van der Waals surface area contributed by atoms with Gasteiger partial charge in [-0.1, -0.05) is 13.8 Å². The highest BCUT2D eigenvalue weighted by Crippen LogP contribution is 2.36. The molecule has 1 fully saturated rings. The van der Waals surface area contributed by atoms with E-state index in [2.05, 4.69) is 0 Å². The molecule has 19 heavy (non-hydrogen) atoms. The van der Waals surface area contributed by atoms with E-state index >= 15 is 0 Å². The Labute approximate surface area is 109 Å². The predicted octanol–water partition coefficient (Wildman–Crippen LogP) is 1.38. The number of amides is 2. The molecular weight excluding hydrogens is 250 g/mol. The van der Waals surface area contributed by atoms with Crippen molar-refractivity contribution in [1.29, 1.82) is 0 Å². The normalized spacial score (nSPS) is 17.9. The van der Waals surface area contributed by atoms with Crippen LogP contribution in [-0.4, -0.2) is 28.0 Å². The molecule has 6 nitrogen and oxygen atoms in total. The minimum atomic E-state index is -1.32. The Balaban J connectivity index is 2.49. The van der Waals surface area contributed by atoms with Crippen LogP contribution in [0.5, 0.6) is 5.75 Å². The summed E-state index contributed by atoms with van der Waals surface area (Å²) >= 11 is 0. The molecule has 0 atom stereocenters. The molecule has 0 unspecified atom stereocenters. The summed E-state index contributed by atoms with van der Waals surface area (Å²) in [7, 11) is 0. The highest BCUT2D eigenvalue weighted by molar-refractivity contribution is 6.22. The summed E-state index contributed by atoms with van der Waals surface area (Å²) in [5.41, 5.74) is -0.975. The Bertz CT molecular complexity index is 591. The minimum Gasteiger partial charge on any atom is -0.507 e. The van der Waals surface area contributed by atoms with Crippen molar-refractivity contribution >= 4 is 23.5 Å². The predicted molar refractivity (Wildman–Crippen MR) is 66.0 cm³/mol. The Hall–Kier alpha value is -2.37. The third-order valence-corrected chi connectivity index (χ3v) is 3.09. The van der Waals surface area contributed by atoms with Crippen molar-refractivity contribution in [3.8, 4) is 5.75 Å². The Kier molecular flexibility index (Phi) is 2.81. The molecule has 0 bridgehead atoms. The average molecular weight is 263 g/mol. The molecule has 0 aromatic heterocycles. The molecule has 100 valence electrons. The molecule has 1 aliphatic rings. The number of aromatic hydroxyl groups is 1. The Morgan fingerprint density at radius 3 is 2.42 bits per heavy atom. The molecule has 6 heteroatoms.